The summed E-state index contributed by atoms with van der Waals surface area (Å²) >= 11 is 0. The highest BCUT2D eigenvalue weighted by atomic mass is 35.5. The lowest BCUT2D eigenvalue weighted by molar-refractivity contribution is -0.125. The molecule has 0 aliphatic rings. The molecule has 1 amide bonds. The normalized spacial score (nSPS) is 13.1. The maximum atomic E-state index is 12.0. The van der Waals surface area contributed by atoms with Crippen molar-refractivity contribution < 1.29 is 9.53 Å². The number of rotatable bonds is 6. The van der Waals surface area contributed by atoms with E-state index < -0.39 is 0 Å². The van der Waals surface area contributed by atoms with E-state index in [0.717, 1.165) is 16.9 Å². The van der Waals surface area contributed by atoms with Gasteiger partial charge in [-0.25, -0.2) is 0 Å². The van der Waals surface area contributed by atoms with Crippen molar-refractivity contribution in [2.24, 2.45) is 5.92 Å². The van der Waals surface area contributed by atoms with Crippen LogP contribution < -0.4 is 15.4 Å². The van der Waals surface area contributed by atoms with Gasteiger partial charge >= 0.3 is 0 Å². The molecule has 0 aliphatic heterocycles. The fourth-order valence-electron chi connectivity index (χ4n) is 2.02. The maximum absolute atomic E-state index is 12.0. The lowest BCUT2D eigenvalue weighted by atomic mass is 10.0. The van der Waals surface area contributed by atoms with Gasteiger partial charge in [-0.3, -0.25) is 4.79 Å². The fraction of sp³-hybridized carbons (Fsp3) is 0.533. The van der Waals surface area contributed by atoms with Crippen LogP contribution in [0, 0.1) is 12.8 Å². The Hall–Kier alpha value is -1.26. The standard InChI is InChI=1S/C15H24N2O2.ClH/c1-10-6-7-14(19-5)13(8-10)12(3)17-15(18)11(2)9-16-4;/h6-8,11-12,16H,9H2,1-5H3,(H,17,18);1H. The van der Waals surface area contributed by atoms with Gasteiger partial charge in [0.15, 0.2) is 0 Å². The van der Waals surface area contributed by atoms with E-state index in [9.17, 15) is 4.79 Å². The van der Waals surface area contributed by atoms with Crippen LogP contribution in [0.1, 0.15) is 31.0 Å². The van der Waals surface area contributed by atoms with E-state index in [0.29, 0.717) is 6.54 Å². The number of hydrogen-bond donors (Lipinski definition) is 2. The second-order valence-corrected chi connectivity index (χ2v) is 4.93. The molecule has 2 N–H and O–H groups in total. The molecule has 0 bridgehead atoms. The van der Waals surface area contributed by atoms with Crippen molar-refractivity contribution >= 4 is 18.3 Å². The number of nitrogens with one attached hydrogen (secondary N) is 2. The molecule has 1 aromatic carbocycles. The minimum atomic E-state index is -0.0679. The third-order valence-electron chi connectivity index (χ3n) is 3.17. The molecule has 1 aromatic rings. The summed E-state index contributed by atoms with van der Waals surface area (Å²) in [5, 5.41) is 6.03. The van der Waals surface area contributed by atoms with Crippen LogP contribution >= 0.6 is 12.4 Å². The molecule has 0 saturated heterocycles. The van der Waals surface area contributed by atoms with Crippen molar-refractivity contribution in [1.29, 1.82) is 0 Å². The topological polar surface area (TPSA) is 50.4 Å². The van der Waals surface area contributed by atoms with Gasteiger partial charge < -0.3 is 15.4 Å². The minimum Gasteiger partial charge on any atom is -0.496 e. The highest BCUT2D eigenvalue weighted by molar-refractivity contribution is 5.85. The quantitative estimate of drug-likeness (QED) is 0.848. The molecular formula is C15H25ClN2O2. The monoisotopic (exact) mass is 300 g/mol. The van der Waals surface area contributed by atoms with Gasteiger partial charge in [0.1, 0.15) is 5.75 Å². The third kappa shape index (κ3) is 5.02. The Morgan fingerprint density at radius 1 is 1.35 bits per heavy atom. The second-order valence-electron chi connectivity index (χ2n) is 4.93. The molecule has 0 saturated carbocycles. The van der Waals surface area contributed by atoms with Crippen molar-refractivity contribution in [3.05, 3.63) is 29.3 Å². The average Bonchev–Trinajstić information content (AvgIpc) is 2.38. The first-order chi connectivity index (χ1) is 8.99. The van der Waals surface area contributed by atoms with E-state index >= 15 is 0 Å². The Morgan fingerprint density at radius 2 is 2.00 bits per heavy atom. The Balaban J connectivity index is 0.00000361. The van der Waals surface area contributed by atoms with Gasteiger partial charge in [0.25, 0.3) is 0 Å². The van der Waals surface area contributed by atoms with E-state index in [1.165, 1.54) is 0 Å². The molecular weight excluding hydrogens is 276 g/mol. The number of carbonyl (C=O) groups is 1. The first kappa shape index (κ1) is 18.7. The SMILES string of the molecule is CNCC(C)C(=O)NC(C)c1cc(C)ccc1OC.Cl. The molecule has 2 unspecified atom stereocenters. The number of halogens is 1. The Morgan fingerprint density at radius 3 is 2.55 bits per heavy atom. The maximum Gasteiger partial charge on any atom is 0.224 e. The third-order valence-corrected chi connectivity index (χ3v) is 3.17. The molecule has 1 rings (SSSR count). The number of carbonyl (C=O) groups excluding carboxylic acids is 1. The number of hydrogen-bond acceptors (Lipinski definition) is 3. The van der Waals surface area contributed by atoms with E-state index in [-0.39, 0.29) is 30.3 Å². The first-order valence-corrected chi connectivity index (χ1v) is 6.59. The van der Waals surface area contributed by atoms with Crippen molar-refractivity contribution in [3.8, 4) is 5.75 Å². The number of amides is 1. The largest absolute Gasteiger partial charge is 0.496 e. The summed E-state index contributed by atoms with van der Waals surface area (Å²) in [7, 11) is 3.49. The van der Waals surface area contributed by atoms with Crippen LogP contribution in [0.4, 0.5) is 0 Å². The molecule has 4 nitrogen and oxygen atoms in total. The van der Waals surface area contributed by atoms with Crippen LogP contribution in [0.2, 0.25) is 0 Å². The van der Waals surface area contributed by atoms with Crippen molar-refractivity contribution in [2.75, 3.05) is 20.7 Å². The second kappa shape index (κ2) is 8.82. The lowest BCUT2D eigenvalue weighted by Gasteiger charge is -2.20. The molecule has 0 heterocycles. The van der Waals surface area contributed by atoms with Crippen LogP contribution in [0.3, 0.4) is 0 Å². The summed E-state index contributed by atoms with van der Waals surface area (Å²) in [6.07, 6.45) is 0. The average molecular weight is 301 g/mol. The zero-order chi connectivity index (χ0) is 14.4. The molecule has 5 heteroatoms. The van der Waals surface area contributed by atoms with Crippen LogP contribution in [-0.2, 0) is 4.79 Å². The molecule has 0 aromatic heterocycles. The smallest absolute Gasteiger partial charge is 0.224 e. The van der Waals surface area contributed by atoms with Gasteiger partial charge in [0, 0.05) is 18.0 Å². The van der Waals surface area contributed by atoms with E-state index in [2.05, 4.69) is 10.6 Å². The first-order valence-electron chi connectivity index (χ1n) is 6.59. The molecule has 0 spiro atoms. The van der Waals surface area contributed by atoms with Gasteiger partial charge in [0.2, 0.25) is 5.91 Å². The van der Waals surface area contributed by atoms with Crippen LogP contribution in [-0.4, -0.2) is 26.6 Å². The van der Waals surface area contributed by atoms with Gasteiger partial charge in [-0.05, 0) is 27.0 Å². The lowest BCUT2D eigenvalue weighted by Crippen LogP contribution is -2.35. The van der Waals surface area contributed by atoms with Crippen molar-refractivity contribution in [2.45, 2.75) is 26.8 Å². The predicted octanol–water partition coefficient (Wildman–Crippen LogP) is 2.46. The highest BCUT2D eigenvalue weighted by Gasteiger charge is 2.17. The minimum absolute atomic E-state index is 0. The Labute approximate surface area is 127 Å². The van der Waals surface area contributed by atoms with Gasteiger partial charge in [-0.1, -0.05) is 24.6 Å². The fourth-order valence-corrected chi connectivity index (χ4v) is 2.02. The van der Waals surface area contributed by atoms with E-state index in [1.807, 2.05) is 46.0 Å². The zero-order valence-corrected chi connectivity index (χ0v) is 13.6. The zero-order valence-electron chi connectivity index (χ0n) is 12.8. The summed E-state index contributed by atoms with van der Waals surface area (Å²) < 4.78 is 5.35. The Kier molecular flexibility index (Phi) is 8.26. The predicted molar refractivity (Wildman–Crippen MR) is 84.6 cm³/mol. The molecule has 20 heavy (non-hydrogen) atoms. The van der Waals surface area contributed by atoms with E-state index in [1.54, 1.807) is 7.11 Å². The molecule has 2 atom stereocenters. The highest BCUT2D eigenvalue weighted by Crippen LogP contribution is 2.26. The number of aryl methyl sites for hydroxylation is 1. The van der Waals surface area contributed by atoms with E-state index in [4.69, 9.17) is 4.74 Å². The number of methoxy groups -OCH3 is 1. The van der Waals surface area contributed by atoms with Gasteiger partial charge in [-0.2, -0.15) is 0 Å². The summed E-state index contributed by atoms with van der Waals surface area (Å²) in [5.74, 6) is 0.799. The summed E-state index contributed by atoms with van der Waals surface area (Å²) in [6.45, 7) is 6.58. The van der Waals surface area contributed by atoms with Crippen molar-refractivity contribution in [1.82, 2.24) is 10.6 Å². The summed E-state index contributed by atoms with van der Waals surface area (Å²) in [5.41, 5.74) is 2.16. The van der Waals surface area contributed by atoms with Crippen LogP contribution in [0.15, 0.2) is 18.2 Å². The molecule has 0 aliphatic carbocycles. The number of ether oxygens (including phenoxy) is 1. The summed E-state index contributed by atoms with van der Waals surface area (Å²) in [6, 6.07) is 5.92. The molecule has 0 fully saturated rings. The van der Waals surface area contributed by atoms with Crippen LogP contribution in [0.5, 0.6) is 5.75 Å². The van der Waals surface area contributed by atoms with Gasteiger partial charge in [0.05, 0.1) is 13.2 Å². The molecule has 114 valence electrons. The molecule has 0 radical (unpaired) electrons. The summed E-state index contributed by atoms with van der Waals surface area (Å²) in [4.78, 5) is 12.0. The van der Waals surface area contributed by atoms with Gasteiger partial charge in [-0.15, -0.1) is 12.4 Å². The number of benzene rings is 1. The Bertz CT molecular complexity index is 438. The van der Waals surface area contributed by atoms with Crippen molar-refractivity contribution in [3.63, 3.8) is 0 Å². The van der Waals surface area contributed by atoms with Crippen LogP contribution in [0.25, 0.3) is 0 Å².